The standard InChI is InChI=1S/C12H16BrN/c1-9(12(2)7-8-12)14-11-5-3-10(13)4-6-11/h3-6,9,14H,7-8H2,1-2H3. The van der Waals surface area contributed by atoms with Gasteiger partial charge >= 0.3 is 0 Å². The molecule has 0 amide bonds. The van der Waals surface area contributed by atoms with E-state index in [9.17, 15) is 0 Å². The molecule has 1 aliphatic rings. The van der Waals surface area contributed by atoms with Crippen LogP contribution in [0.1, 0.15) is 26.7 Å². The zero-order chi connectivity index (χ0) is 10.2. The van der Waals surface area contributed by atoms with Gasteiger partial charge in [-0.2, -0.15) is 0 Å². The second kappa shape index (κ2) is 3.58. The zero-order valence-electron chi connectivity index (χ0n) is 8.68. The summed E-state index contributed by atoms with van der Waals surface area (Å²) < 4.78 is 1.13. The van der Waals surface area contributed by atoms with Crippen molar-refractivity contribution in [3.8, 4) is 0 Å². The van der Waals surface area contributed by atoms with Gasteiger partial charge in [-0.3, -0.25) is 0 Å². The Labute approximate surface area is 94.0 Å². The van der Waals surface area contributed by atoms with Gasteiger partial charge in [0.2, 0.25) is 0 Å². The minimum atomic E-state index is 0.535. The average molecular weight is 254 g/mol. The lowest BCUT2D eigenvalue weighted by atomic mass is 10.0. The first kappa shape index (κ1) is 10.0. The number of anilines is 1. The van der Waals surface area contributed by atoms with Crippen molar-refractivity contribution in [3.63, 3.8) is 0 Å². The molecule has 14 heavy (non-hydrogen) atoms. The van der Waals surface area contributed by atoms with Crippen LogP contribution >= 0.6 is 15.9 Å². The zero-order valence-corrected chi connectivity index (χ0v) is 10.3. The maximum atomic E-state index is 3.55. The molecule has 1 N–H and O–H groups in total. The molecule has 1 aromatic rings. The van der Waals surface area contributed by atoms with Crippen molar-refractivity contribution in [2.24, 2.45) is 5.41 Å². The summed E-state index contributed by atoms with van der Waals surface area (Å²) in [5.41, 5.74) is 1.75. The van der Waals surface area contributed by atoms with E-state index in [-0.39, 0.29) is 0 Å². The van der Waals surface area contributed by atoms with Gasteiger partial charge in [0, 0.05) is 16.2 Å². The van der Waals surface area contributed by atoms with Gasteiger partial charge in [0.15, 0.2) is 0 Å². The molecule has 1 fully saturated rings. The number of nitrogens with one attached hydrogen (secondary N) is 1. The molecule has 0 spiro atoms. The number of hydrogen-bond donors (Lipinski definition) is 1. The topological polar surface area (TPSA) is 12.0 Å². The summed E-state index contributed by atoms with van der Waals surface area (Å²) in [5.74, 6) is 0. The Hall–Kier alpha value is -0.500. The fourth-order valence-corrected chi connectivity index (χ4v) is 1.86. The molecule has 1 aliphatic carbocycles. The number of hydrogen-bond acceptors (Lipinski definition) is 1. The van der Waals surface area contributed by atoms with Crippen molar-refractivity contribution in [2.75, 3.05) is 5.32 Å². The molecule has 1 aromatic carbocycles. The minimum absolute atomic E-state index is 0.535. The van der Waals surface area contributed by atoms with E-state index >= 15 is 0 Å². The van der Waals surface area contributed by atoms with E-state index in [4.69, 9.17) is 0 Å². The second-order valence-electron chi connectivity index (χ2n) is 4.53. The Bertz CT molecular complexity index is 314. The van der Waals surface area contributed by atoms with Crippen molar-refractivity contribution in [3.05, 3.63) is 28.7 Å². The summed E-state index contributed by atoms with van der Waals surface area (Å²) in [4.78, 5) is 0. The Kier molecular flexibility index (Phi) is 2.56. The van der Waals surface area contributed by atoms with E-state index in [2.05, 4.69) is 59.4 Å². The van der Waals surface area contributed by atoms with E-state index in [1.165, 1.54) is 18.5 Å². The maximum absolute atomic E-state index is 3.55. The molecule has 0 radical (unpaired) electrons. The molecule has 2 rings (SSSR count). The van der Waals surface area contributed by atoms with E-state index in [1.807, 2.05) is 0 Å². The molecular weight excluding hydrogens is 238 g/mol. The number of halogens is 1. The Morgan fingerprint density at radius 3 is 2.36 bits per heavy atom. The van der Waals surface area contributed by atoms with E-state index in [1.54, 1.807) is 0 Å². The van der Waals surface area contributed by atoms with Crippen molar-refractivity contribution in [1.82, 2.24) is 0 Å². The lowest BCUT2D eigenvalue weighted by molar-refractivity contribution is 0.493. The molecule has 0 heterocycles. The predicted octanol–water partition coefficient (Wildman–Crippen LogP) is 4.05. The highest BCUT2D eigenvalue weighted by Crippen LogP contribution is 2.48. The molecular formula is C12H16BrN. The molecule has 0 bridgehead atoms. The fraction of sp³-hybridized carbons (Fsp3) is 0.500. The maximum Gasteiger partial charge on any atom is 0.0343 e. The van der Waals surface area contributed by atoms with Crippen molar-refractivity contribution in [1.29, 1.82) is 0 Å². The van der Waals surface area contributed by atoms with Crippen LogP contribution < -0.4 is 5.32 Å². The van der Waals surface area contributed by atoms with Crippen LogP contribution in [0.2, 0.25) is 0 Å². The normalized spacial score (nSPS) is 20.2. The van der Waals surface area contributed by atoms with Crippen LogP contribution in [0, 0.1) is 5.41 Å². The summed E-state index contributed by atoms with van der Waals surface area (Å²) in [6.45, 7) is 4.62. The number of benzene rings is 1. The molecule has 0 aliphatic heterocycles. The van der Waals surface area contributed by atoms with Crippen molar-refractivity contribution in [2.45, 2.75) is 32.7 Å². The second-order valence-corrected chi connectivity index (χ2v) is 5.44. The van der Waals surface area contributed by atoms with Crippen LogP contribution in [0.3, 0.4) is 0 Å². The summed E-state index contributed by atoms with van der Waals surface area (Å²) in [5, 5.41) is 3.55. The van der Waals surface area contributed by atoms with E-state index < -0.39 is 0 Å². The molecule has 1 nitrogen and oxygen atoms in total. The highest BCUT2D eigenvalue weighted by Gasteiger charge is 2.42. The van der Waals surface area contributed by atoms with Crippen LogP contribution in [0.15, 0.2) is 28.7 Å². The lowest BCUT2D eigenvalue weighted by Gasteiger charge is -2.21. The van der Waals surface area contributed by atoms with Gasteiger partial charge in [-0.05, 0) is 49.4 Å². The van der Waals surface area contributed by atoms with Crippen LogP contribution in [0.25, 0.3) is 0 Å². The molecule has 76 valence electrons. The first-order chi connectivity index (χ1) is 6.60. The highest BCUT2D eigenvalue weighted by molar-refractivity contribution is 9.10. The molecule has 0 saturated heterocycles. The van der Waals surface area contributed by atoms with Crippen molar-refractivity contribution < 1.29 is 0 Å². The monoisotopic (exact) mass is 253 g/mol. The summed E-state index contributed by atoms with van der Waals surface area (Å²) in [6.07, 6.45) is 2.72. The minimum Gasteiger partial charge on any atom is -0.382 e. The van der Waals surface area contributed by atoms with Crippen LogP contribution in [-0.2, 0) is 0 Å². The average Bonchev–Trinajstić information content (AvgIpc) is 2.89. The Morgan fingerprint density at radius 2 is 1.86 bits per heavy atom. The van der Waals surface area contributed by atoms with Crippen LogP contribution in [0.5, 0.6) is 0 Å². The van der Waals surface area contributed by atoms with Gasteiger partial charge in [-0.1, -0.05) is 22.9 Å². The van der Waals surface area contributed by atoms with Gasteiger partial charge < -0.3 is 5.32 Å². The lowest BCUT2D eigenvalue weighted by Crippen LogP contribution is -2.24. The Morgan fingerprint density at radius 1 is 1.29 bits per heavy atom. The SMILES string of the molecule is CC(Nc1ccc(Br)cc1)C1(C)CC1. The van der Waals surface area contributed by atoms with Gasteiger partial charge in [-0.25, -0.2) is 0 Å². The van der Waals surface area contributed by atoms with Gasteiger partial charge in [0.1, 0.15) is 0 Å². The first-order valence-electron chi connectivity index (χ1n) is 5.12. The third-order valence-corrected chi connectivity index (χ3v) is 3.84. The summed E-state index contributed by atoms with van der Waals surface area (Å²) in [7, 11) is 0. The predicted molar refractivity (Wildman–Crippen MR) is 64.6 cm³/mol. The van der Waals surface area contributed by atoms with Gasteiger partial charge in [0.25, 0.3) is 0 Å². The molecule has 1 saturated carbocycles. The van der Waals surface area contributed by atoms with E-state index in [0.717, 1.165) is 4.47 Å². The fourth-order valence-electron chi connectivity index (χ4n) is 1.60. The quantitative estimate of drug-likeness (QED) is 0.858. The number of rotatable bonds is 3. The summed E-state index contributed by atoms with van der Waals surface area (Å²) >= 11 is 3.44. The molecule has 0 aromatic heterocycles. The largest absolute Gasteiger partial charge is 0.382 e. The molecule has 1 atom stereocenters. The molecule has 2 heteroatoms. The van der Waals surface area contributed by atoms with Gasteiger partial charge in [-0.15, -0.1) is 0 Å². The summed E-state index contributed by atoms with van der Waals surface area (Å²) in [6, 6.07) is 8.96. The van der Waals surface area contributed by atoms with Crippen LogP contribution in [-0.4, -0.2) is 6.04 Å². The van der Waals surface area contributed by atoms with Crippen LogP contribution in [0.4, 0.5) is 5.69 Å². The highest BCUT2D eigenvalue weighted by atomic mass is 79.9. The van der Waals surface area contributed by atoms with Gasteiger partial charge in [0.05, 0.1) is 0 Å². The first-order valence-corrected chi connectivity index (χ1v) is 5.92. The third kappa shape index (κ3) is 2.11. The molecule has 1 unspecified atom stereocenters. The van der Waals surface area contributed by atoms with Crippen molar-refractivity contribution >= 4 is 21.6 Å². The smallest absolute Gasteiger partial charge is 0.0343 e. The third-order valence-electron chi connectivity index (χ3n) is 3.31. The Balaban J connectivity index is 2.00. The van der Waals surface area contributed by atoms with E-state index in [0.29, 0.717) is 11.5 Å².